The van der Waals surface area contributed by atoms with Gasteiger partial charge in [0.05, 0.1) is 22.7 Å². The van der Waals surface area contributed by atoms with Crippen molar-refractivity contribution in [1.29, 1.82) is 0 Å². The van der Waals surface area contributed by atoms with Crippen molar-refractivity contribution in [2.75, 3.05) is 13.2 Å². The maximum Gasteiger partial charge on any atom is 0.357 e. The number of carbonyl (C=O) groups excluding carboxylic acids is 2. The molecule has 0 fully saturated rings. The molecule has 0 spiro atoms. The number of rotatable bonds is 7. The summed E-state index contributed by atoms with van der Waals surface area (Å²) < 4.78 is 5.02. The van der Waals surface area contributed by atoms with Crippen LogP contribution in [-0.2, 0) is 11.2 Å². The molecule has 0 saturated heterocycles. The van der Waals surface area contributed by atoms with Crippen LogP contribution in [0.4, 0.5) is 0 Å². The molecule has 1 aromatic carbocycles. The molecule has 0 aliphatic rings. The number of esters is 1. The summed E-state index contributed by atoms with van der Waals surface area (Å²) in [4.78, 5) is 34.1. The van der Waals surface area contributed by atoms with Crippen LogP contribution in [0.25, 0.3) is 10.9 Å². The number of hydrogen-bond acceptors (Lipinski definition) is 7. The number of thioether (sulfide) groups is 1. The third-order valence-electron chi connectivity index (χ3n) is 4.01. The highest BCUT2D eigenvalue weighted by Crippen LogP contribution is 2.35. The highest BCUT2D eigenvalue weighted by atomic mass is 32.2. The number of benzene rings is 1. The van der Waals surface area contributed by atoms with Gasteiger partial charge in [-0.25, -0.2) is 9.78 Å². The number of para-hydroxylation sites is 1. The molecule has 0 aliphatic heterocycles. The zero-order valence-corrected chi connectivity index (χ0v) is 19.2. The summed E-state index contributed by atoms with van der Waals surface area (Å²) in [6.45, 7) is 8.99. The molecule has 2 aromatic heterocycles. The van der Waals surface area contributed by atoms with Crippen molar-refractivity contribution >= 4 is 45.9 Å². The predicted octanol–water partition coefficient (Wildman–Crippen LogP) is 4.73. The van der Waals surface area contributed by atoms with Gasteiger partial charge in [0.25, 0.3) is 5.91 Å². The second-order valence-electron chi connectivity index (χ2n) is 7.62. The van der Waals surface area contributed by atoms with Crippen LogP contribution in [0.3, 0.4) is 0 Å². The molecule has 1 amide bonds. The number of fused-ring (bicyclic) bond motifs is 1. The van der Waals surface area contributed by atoms with Gasteiger partial charge in [-0.15, -0.1) is 23.1 Å². The molecule has 6 nitrogen and oxygen atoms in total. The van der Waals surface area contributed by atoms with Crippen LogP contribution in [0.15, 0.2) is 40.7 Å². The number of aromatic nitrogens is 2. The van der Waals surface area contributed by atoms with Crippen molar-refractivity contribution in [3.8, 4) is 0 Å². The third-order valence-corrected chi connectivity index (χ3v) is 6.08. The molecule has 1 N–H and O–H groups in total. The molecule has 30 heavy (non-hydrogen) atoms. The normalized spacial score (nSPS) is 11.5. The Bertz CT molecular complexity index is 1060. The number of thiazole rings is 1. The van der Waals surface area contributed by atoms with Gasteiger partial charge in [-0.2, -0.15) is 0 Å². The van der Waals surface area contributed by atoms with Crippen LogP contribution < -0.4 is 5.32 Å². The highest BCUT2D eigenvalue weighted by Gasteiger charge is 2.16. The molecule has 0 radical (unpaired) electrons. The van der Waals surface area contributed by atoms with E-state index in [0.717, 1.165) is 20.8 Å². The van der Waals surface area contributed by atoms with Crippen molar-refractivity contribution in [1.82, 2.24) is 15.3 Å². The second kappa shape index (κ2) is 9.57. The van der Waals surface area contributed by atoms with E-state index in [1.54, 1.807) is 30.3 Å². The number of nitrogens with one attached hydrogen (secondary N) is 1. The zero-order valence-electron chi connectivity index (χ0n) is 17.5. The molecule has 158 valence electrons. The number of hydrogen-bond donors (Lipinski definition) is 1. The molecule has 8 heteroatoms. The molecule has 3 rings (SSSR count). The quantitative estimate of drug-likeness (QED) is 0.420. The average Bonchev–Trinajstić information content (AvgIpc) is 3.16. The van der Waals surface area contributed by atoms with E-state index in [-0.39, 0.29) is 10.7 Å². The van der Waals surface area contributed by atoms with Gasteiger partial charge < -0.3 is 10.1 Å². The average molecular weight is 444 g/mol. The molecule has 0 saturated carbocycles. The lowest BCUT2D eigenvalue weighted by Gasteiger charge is -2.18. The van der Waals surface area contributed by atoms with E-state index in [1.165, 1.54) is 11.3 Å². The van der Waals surface area contributed by atoms with Gasteiger partial charge in [-0.3, -0.25) is 9.78 Å². The van der Waals surface area contributed by atoms with Crippen LogP contribution >= 0.6 is 23.1 Å². The molecule has 0 aliphatic carbocycles. The van der Waals surface area contributed by atoms with Crippen LogP contribution in [-0.4, -0.2) is 39.7 Å². The number of pyridine rings is 1. The molecule has 3 aromatic rings. The SMILES string of the molecule is CCOC(=O)c1csc(CCNC(=O)c2cnc3c(SC(C)(C)C)cccc3c2)n1. The molecule has 0 unspecified atom stereocenters. The van der Waals surface area contributed by atoms with E-state index in [2.05, 4.69) is 42.1 Å². The first-order valence-electron chi connectivity index (χ1n) is 9.74. The Morgan fingerprint density at radius 1 is 1.27 bits per heavy atom. The van der Waals surface area contributed by atoms with E-state index < -0.39 is 5.97 Å². The standard InChI is InChI=1S/C22H25N3O3S2/c1-5-28-21(27)16-13-29-18(25-16)9-10-23-20(26)15-11-14-7-6-8-17(19(14)24-12-15)30-22(2,3)4/h6-8,11-13H,5,9-10H2,1-4H3,(H,23,26). The summed E-state index contributed by atoms with van der Waals surface area (Å²) in [5.41, 5.74) is 1.74. The number of ether oxygens (including phenoxy) is 1. The Hall–Kier alpha value is -2.45. The van der Waals surface area contributed by atoms with E-state index >= 15 is 0 Å². The maximum absolute atomic E-state index is 12.5. The minimum absolute atomic E-state index is 0.0784. The molecule has 0 atom stereocenters. The van der Waals surface area contributed by atoms with Crippen LogP contribution in [0, 0.1) is 0 Å². The Balaban J connectivity index is 1.62. The number of amides is 1. The molecular formula is C22H25N3O3S2. The fourth-order valence-electron chi connectivity index (χ4n) is 2.78. The Morgan fingerprint density at radius 2 is 2.07 bits per heavy atom. The third kappa shape index (κ3) is 5.79. The first-order chi connectivity index (χ1) is 14.3. The zero-order chi connectivity index (χ0) is 21.7. The fourth-order valence-corrected chi connectivity index (χ4v) is 4.62. The molecule has 0 bridgehead atoms. The Kier molecular flexibility index (Phi) is 7.10. The fraction of sp³-hybridized carbons (Fsp3) is 0.364. The minimum atomic E-state index is -0.421. The smallest absolute Gasteiger partial charge is 0.357 e. The first-order valence-corrected chi connectivity index (χ1v) is 11.4. The van der Waals surface area contributed by atoms with E-state index in [1.807, 2.05) is 18.2 Å². The van der Waals surface area contributed by atoms with Crippen LogP contribution in [0.5, 0.6) is 0 Å². The highest BCUT2D eigenvalue weighted by molar-refractivity contribution is 8.00. The topological polar surface area (TPSA) is 81.2 Å². The Morgan fingerprint density at radius 3 is 2.80 bits per heavy atom. The van der Waals surface area contributed by atoms with E-state index in [9.17, 15) is 9.59 Å². The van der Waals surface area contributed by atoms with Crippen LogP contribution in [0.2, 0.25) is 0 Å². The number of carbonyl (C=O) groups is 2. The summed E-state index contributed by atoms with van der Waals surface area (Å²) in [5.74, 6) is -0.601. The lowest BCUT2D eigenvalue weighted by atomic mass is 10.1. The lowest BCUT2D eigenvalue weighted by Crippen LogP contribution is -2.25. The summed E-state index contributed by atoms with van der Waals surface area (Å²) in [7, 11) is 0. The van der Waals surface area contributed by atoms with E-state index in [4.69, 9.17) is 4.74 Å². The lowest BCUT2D eigenvalue weighted by molar-refractivity contribution is 0.0520. The van der Waals surface area contributed by atoms with Crippen molar-refractivity contribution in [2.45, 2.75) is 43.8 Å². The predicted molar refractivity (Wildman–Crippen MR) is 121 cm³/mol. The van der Waals surface area contributed by atoms with Gasteiger partial charge in [0.1, 0.15) is 0 Å². The minimum Gasteiger partial charge on any atom is -0.461 e. The van der Waals surface area contributed by atoms with Gasteiger partial charge in [-0.05, 0) is 19.1 Å². The Labute approximate surface area is 184 Å². The summed E-state index contributed by atoms with van der Waals surface area (Å²) in [6, 6.07) is 7.89. The van der Waals surface area contributed by atoms with Gasteiger partial charge in [0.2, 0.25) is 0 Å². The van der Waals surface area contributed by atoms with E-state index in [0.29, 0.717) is 30.8 Å². The van der Waals surface area contributed by atoms with Crippen molar-refractivity contribution < 1.29 is 14.3 Å². The van der Waals surface area contributed by atoms with Crippen LogP contribution in [0.1, 0.15) is 53.5 Å². The first kappa shape index (κ1) is 22.2. The number of nitrogens with zero attached hydrogens (tertiary/aromatic N) is 2. The maximum atomic E-state index is 12.5. The summed E-state index contributed by atoms with van der Waals surface area (Å²) in [6.07, 6.45) is 2.16. The van der Waals surface area contributed by atoms with Gasteiger partial charge in [0.15, 0.2) is 5.69 Å². The molecule has 2 heterocycles. The van der Waals surface area contributed by atoms with Gasteiger partial charge in [0, 0.05) is 39.6 Å². The second-order valence-corrected chi connectivity index (χ2v) is 10.4. The van der Waals surface area contributed by atoms with Crippen molar-refractivity contribution in [3.63, 3.8) is 0 Å². The molecular weight excluding hydrogens is 418 g/mol. The van der Waals surface area contributed by atoms with Gasteiger partial charge in [-0.1, -0.05) is 32.9 Å². The monoisotopic (exact) mass is 443 g/mol. The largest absolute Gasteiger partial charge is 0.461 e. The van der Waals surface area contributed by atoms with Crippen molar-refractivity contribution in [3.05, 3.63) is 52.1 Å². The van der Waals surface area contributed by atoms with Crippen molar-refractivity contribution in [2.24, 2.45) is 0 Å². The van der Waals surface area contributed by atoms with Gasteiger partial charge >= 0.3 is 5.97 Å². The summed E-state index contributed by atoms with van der Waals surface area (Å²) in [5, 5.41) is 6.29. The summed E-state index contributed by atoms with van der Waals surface area (Å²) >= 11 is 3.14.